The summed E-state index contributed by atoms with van der Waals surface area (Å²) in [7, 11) is -2.83. The van der Waals surface area contributed by atoms with Crippen molar-refractivity contribution in [3.8, 4) is 0 Å². The minimum Gasteiger partial charge on any atom is -0.480 e. The second kappa shape index (κ2) is 7.38. The van der Waals surface area contributed by atoms with Crippen LogP contribution in [0.4, 0.5) is 5.69 Å². The van der Waals surface area contributed by atoms with Gasteiger partial charge in [0.15, 0.2) is 0 Å². The van der Waals surface area contributed by atoms with Gasteiger partial charge < -0.3 is 10.0 Å². The number of sulfonamides is 1. The molecule has 1 aromatic carbocycles. The van der Waals surface area contributed by atoms with Gasteiger partial charge in [-0.1, -0.05) is 6.07 Å². The van der Waals surface area contributed by atoms with Crippen LogP contribution in [0.3, 0.4) is 0 Å². The Kier molecular flexibility index (Phi) is 5.62. The molecule has 2 unspecified atom stereocenters. The third-order valence-electron chi connectivity index (χ3n) is 4.41. The Morgan fingerprint density at radius 3 is 2.65 bits per heavy atom. The van der Waals surface area contributed by atoms with Gasteiger partial charge in [-0.25, -0.2) is 13.2 Å². The van der Waals surface area contributed by atoms with Crippen LogP contribution in [0.1, 0.15) is 19.8 Å². The summed E-state index contributed by atoms with van der Waals surface area (Å²) in [5.41, 5.74) is -0.371. The van der Waals surface area contributed by atoms with Crippen LogP contribution in [0.2, 0.25) is 0 Å². The first kappa shape index (κ1) is 19.8. The first-order valence-electron chi connectivity index (χ1n) is 7.83. The zero-order chi connectivity index (χ0) is 19.6. The van der Waals surface area contributed by atoms with Crippen LogP contribution < -0.4 is 0 Å². The van der Waals surface area contributed by atoms with Crippen molar-refractivity contribution in [1.82, 2.24) is 9.21 Å². The minimum atomic E-state index is -4.13. The molecule has 1 saturated heterocycles. The number of amides is 1. The largest absolute Gasteiger partial charge is 0.480 e. The van der Waals surface area contributed by atoms with E-state index in [1.807, 2.05) is 0 Å². The molecule has 0 saturated carbocycles. The second-order valence-electron chi connectivity index (χ2n) is 5.99. The zero-order valence-electron chi connectivity index (χ0n) is 14.2. The standard InChI is InChI=1S/C15H19N3O7S/c1-10(15(20)21)16(2)14(19)13-7-4-8-17(13)26(24,25)12-6-3-5-11(9-12)18(22)23/h3,5-6,9-10,13H,4,7-8H2,1-2H3,(H,20,21). The van der Waals surface area contributed by atoms with Crippen LogP contribution in [-0.2, 0) is 19.6 Å². The van der Waals surface area contributed by atoms with Crippen molar-refractivity contribution in [3.63, 3.8) is 0 Å². The summed E-state index contributed by atoms with van der Waals surface area (Å²) in [6.07, 6.45) is 0.684. The Morgan fingerprint density at radius 2 is 2.08 bits per heavy atom. The molecule has 26 heavy (non-hydrogen) atoms. The van der Waals surface area contributed by atoms with Crippen LogP contribution in [0, 0.1) is 10.1 Å². The van der Waals surface area contributed by atoms with Crippen LogP contribution >= 0.6 is 0 Å². The molecule has 1 aromatic rings. The lowest BCUT2D eigenvalue weighted by atomic mass is 10.2. The van der Waals surface area contributed by atoms with Gasteiger partial charge in [0.2, 0.25) is 15.9 Å². The van der Waals surface area contributed by atoms with Crippen LogP contribution in [0.5, 0.6) is 0 Å². The number of carboxylic acids is 1. The van der Waals surface area contributed by atoms with Crippen molar-refractivity contribution in [3.05, 3.63) is 34.4 Å². The number of non-ortho nitro benzene ring substituents is 1. The summed E-state index contributed by atoms with van der Waals surface area (Å²) in [5.74, 6) is -1.82. The maximum Gasteiger partial charge on any atom is 0.326 e. The van der Waals surface area contributed by atoms with Gasteiger partial charge in [-0.05, 0) is 25.8 Å². The quantitative estimate of drug-likeness (QED) is 0.561. The Labute approximate surface area is 150 Å². The Balaban J connectivity index is 2.34. The van der Waals surface area contributed by atoms with E-state index in [0.717, 1.165) is 15.3 Å². The smallest absolute Gasteiger partial charge is 0.326 e. The van der Waals surface area contributed by atoms with Gasteiger partial charge in [-0.2, -0.15) is 4.31 Å². The van der Waals surface area contributed by atoms with E-state index < -0.39 is 38.9 Å². The van der Waals surface area contributed by atoms with E-state index in [1.54, 1.807) is 0 Å². The second-order valence-corrected chi connectivity index (χ2v) is 7.88. The number of carbonyl (C=O) groups is 2. The molecule has 1 aliphatic rings. The van der Waals surface area contributed by atoms with E-state index in [-0.39, 0.29) is 23.5 Å². The summed E-state index contributed by atoms with van der Waals surface area (Å²) in [6.45, 7) is 1.41. The Bertz CT molecular complexity index is 839. The highest BCUT2D eigenvalue weighted by molar-refractivity contribution is 7.89. The lowest BCUT2D eigenvalue weighted by Gasteiger charge is -2.29. The van der Waals surface area contributed by atoms with Crippen molar-refractivity contribution >= 4 is 27.6 Å². The molecule has 0 aliphatic carbocycles. The molecule has 2 rings (SSSR count). The van der Waals surface area contributed by atoms with E-state index in [4.69, 9.17) is 5.11 Å². The van der Waals surface area contributed by atoms with Crippen molar-refractivity contribution in [1.29, 1.82) is 0 Å². The van der Waals surface area contributed by atoms with Gasteiger partial charge in [0.25, 0.3) is 5.69 Å². The molecule has 11 heteroatoms. The van der Waals surface area contributed by atoms with Gasteiger partial charge in [-0.15, -0.1) is 0 Å². The lowest BCUT2D eigenvalue weighted by molar-refractivity contribution is -0.385. The molecule has 1 aliphatic heterocycles. The molecule has 0 spiro atoms. The van der Waals surface area contributed by atoms with E-state index in [0.29, 0.717) is 6.42 Å². The topological polar surface area (TPSA) is 138 Å². The summed E-state index contributed by atoms with van der Waals surface area (Å²) < 4.78 is 26.7. The highest BCUT2D eigenvalue weighted by Crippen LogP contribution is 2.29. The average Bonchev–Trinajstić information content (AvgIpc) is 3.10. The van der Waals surface area contributed by atoms with E-state index in [9.17, 15) is 28.1 Å². The van der Waals surface area contributed by atoms with Crippen molar-refractivity contribution in [2.24, 2.45) is 0 Å². The first-order valence-corrected chi connectivity index (χ1v) is 9.27. The highest BCUT2D eigenvalue weighted by atomic mass is 32.2. The number of rotatable bonds is 6. The number of carbonyl (C=O) groups excluding carboxylic acids is 1. The molecule has 1 amide bonds. The number of hydrogen-bond acceptors (Lipinski definition) is 6. The molecule has 10 nitrogen and oxygen atoms in total. The third-order valence-corrected chi connectivity index (χ3v) is 6.31. The lowest BCUT2D eigenvalue weighted by Crippen LogP contribution is -2.50. The van der Waals surface area contributed by atoms with Crippen LogP contribution in [0.25, 0.3) is 0 Å². The number of aliphatic carboxylic acids is 1. The maximum atomic E-state index is 12.9. The number of hydrogen-bond donors (Lipinski definition) is 1. The number of nitro groups is 1. The number of nitro benzene ring substituents is 1. The minimum absolute atomic E-state index is 0.0801. The number of likely N-dealkylation sites (N-methyl/N-ethyl adjacent to an activating group) is 1. The average molecular weight is 385 g/mol. The molecule has 1 N–H and O–H groups in total. The molecular formula is C15H19N3O7S. The highest BCUT2D eigenvalue weighted by Gasteiger charge is 2.42. The predicted molar refractivity (Wildman–Crippen MR) is 89.9 cm³/mol. The molecule has 0 bridgehead atoms. The molecule has 2 atom stereocenters. The number of benzene rings is 1. The van der Waals surface area contributed by atoms with E-state index in [2.05, 4.69) is 0 Å². The number of carboxylic acid groups (broad SMARTS) is 1. The van der Waals surface area contributed by atoms with Gasteiger partial charge in [-0.3, -0.25) is 14.9 Å². The molecule has 1 heterocycles. The zero-order valence-corrected chi connectivity index (χ0v) is 15.0. The Morgan fingerprint density at radius 1 is 1.42 bits per heavy atom. The van der Waals surface area contributed by atoms with Gasteiger partial charge in [0, 0.05) is 25.7 Å². The van der Waals surface area contributed by atoms with Crippen LogP contribution in [-0.4, -0.2) is 65.2 Å². The van der Waals surface area contributed by atoms with Crippen LogP contribution in [0.15, 0.2) is 29.2 Å². The van der Waals surface area contributed by atoms with Crippen molar-refractivity contribution < 1.29 is 28.0 Å². The summed E-state index contributed by atoms with van der Waals surface area (Å²) in [4.78, 5) is 34.6. The third kappa shape index (κ3) is 3.68. The molecule has 0 radical (unpaired) electrons. The molecule has 1 fully saturated rings. The summed E-state index contributed by atoms with van der Waals surface area (Å²) >= 11 is 0. The summed E-state index contributed by atoms with van der Waals surface area (Å²) in [5, 5.41) is 19.9. The van der Waals surface area contributed by atoms with Crippen molar-refractivity contribution in [2.45, 2.75) is 36.7 Å². The Hall–Kier alpha value is -2.53. The van der Waals surface area contributed by atoms with E-state index in [1.165, 1.54) is 32.2 Å². The SMILES string of the molecule is CC(C(=O)O)N(C)C(=O)C1CCCN1S(=O)(=O)c1cccc([N+](=O)[O-])c1. The summed E-state index contributed by atoms with van der Waals surface area (Å²) in [6, 6.07) is 2.46. The fourth-order valence-electron chi connectivity index (χ4n) is 2.76. The van der Waals surface area contributed by atoms with Gasteiger partial charge in [0.05, 0.1) is 9.82 Å². The maximum absolute atomic E-state index is 12.9. The van der Waals surface area contributed by atoms with Crippen molar-refractivity contribution in [2.75, 3.05) is 13.6 Å². The number of nitrogens with zero attached hydrogens (tertiary/aromatic N) is 3. The monoisotopic (exact) mass is 385 g/mol. The van der Waals surface area contributed by atoms with Gasteiger partial charge in [0.1, 0.15) is 12.1 Å². The molecule has 142 valence electrons. The van der Waals surface area contributed by atoms with E-state index >= 15 is 0 Å². The molecule has 0 aromatic heterocycles. The molecular weight excluding hydrogens is 366 g/mol. The van der Waals surface area contributed by atoms with Gasteiger partial charge >= 0.3 is 5.97 Å². The predicted octanol–water partition coefficient (Wildman–Crippen LogP) is 0.679. The fourth-order valence-corrected chi connectivity index (χ4v) is 4.45. The fraction of sp³-hybridized carbons (Fsp3) is 0.467. The normalized spacial score (nSPS) is 19.1. The first-order chi connectivity index (χ1) is 12.1.